The molecule has 1 aliphatic heterocycles. The van der Waals surface area contributed by atoms with Crippen LogP contribution in [-0.4, -0.2) is 26.4 Å². The number of ether oxygens (including phenoxy) is 1. The second kappa shape index (κ2) is 3.02. The third kappa shape index (κ3) is 1.43. The Kier molecular flexibility index (Phi) is 2.27. The molecule has 0 amide bonds. The lowest BCUT2D eigenvalue weighted by Gasteiger charge is -2.22. The average molecular weight is 115 g/mol. The quantitative estimate of drug-likeness (QED) is 0.474. The third-order valence-electron chi connectivity index (χ3n) is 1.18. The monoisotopic (exact) mass is 115 g/mol. The standard InChI is InChI=1S/C5H11N2O/c1-8-5-4-6-2-3-7-5/h2,5-7H,3-4H2,1H3. The SMILES string of the molecule is COC1CN[CH]CN1. The van der Waals surface area contributed by atoms with E-state index in [1.165, 1.54) is 0 Å². The smallest absolute Gasteiger partial charge is 0.120 e. The maximum atomic E-state index is 5.00. The fourth-order valence-corrected chi connectivity index (χ4v) is 0.692. The minimum absolute atomic E-state index is 0.194. The van der Waals surface area contributed by atoms with Crippen molar-refractivity contribution in [2.45, 2.75) is 6.23 Å². The lowest BCUT2D eigenvalue weighted by Crippen LogP contribution is -2.46. The largest absolute Gasteiger partial charge is 0.365 e. The molecule has 1 unspecified atom stereocenters. The van der Waals surface area contributed by atoms with Crippen molar-refractivity contribution in [1.29, 1.82) is 0 Å². The molecule has 0 aromatic carbocycles. The van der Waals surface area contributed by atoms with Gasteiger partial charge in [0.05, 0.1) is 0 Å². The van der Waals surface area contributed by atoms with Crippen LogP contribution in [0.3, 0.4) is 0 Å². The number of rotatable bonds is 1. The van der Waals surface area contributed by atoms with E-state index in [9.17, 15) is 0 Å². The molecule has 2 N–H and O–H groups in total. The van der Waals surface area contributed by atoms with Crippen LogP contribution in [0.15, 0.2) is 0 Å². The molecule has 1 heterocycles. The van der Waals surface area contributed by atoms with Crippen LogP contribution in [0.1, 0.15) is 0 Å². The van der Waals surface area contributed by atoms with Crippen LogP contribution < -0.4 is 10.6 Å². The van der Waals surface area contributed by atoms with Crippen molar-refractivity contribution >= 4 is 0 Å². The van der Waals surface area contributed by atoms with E-state index >= 15 is 0 Å². The lowest BCUT2D eigenvalue weighted by atomic mass is 10.4. The molecule has 0 aromatic rings. The summed E-state index contributed by atoms with van der Waals surface area (Å²) in [5.74, 6) is 0. The first-order valence-corrected chi connectivity index (χ1v) is 2.74. The van der Waals surface area contributed by atoms with Crippen molar-refractivity contribution in [2.24, 2.45) is 0 Å². The molecule has 1 fully saturated rings. The molecule has 1 radical (unpaired) electrons. The highest BCUT2D eigenvalue weighted by molar-refractivity contribution is 4.75. The Bertz CT molecular complexity index is 61.4. The van der Waals surface area contributed by atoms with Crippen molar-refractivity contribution in [3.63, 3.8) is 0 Å². The van der Waals surface area contributed by atoms with Crippen molar-refractivity contribution in [2.75, 3.05) is 20.2 Å². The summed E-state index contributed by atoms with van der Waals surface area (Å²) in [6.45, 7) is 3.74. The summed E-state index contributed by atoms with van der Waals surface area (Å²) in [6, 6.07) is 0. The summed E-state index contributed by atoms with van der Waals surface area (Å²) in [5, 5.41) is 6.20. The van der Waals surface area contributed by atoms with Crippen LogP contribution in [0, 0.1) is 6.54 Å². The summed E-state index contributed by atoms with van der Waals surface area (Å²) in [6.07, 6.45) is 0.194. The average Bonchev–Trinajstić information content (AvgIpc) is 1.90. The van der Waals surface area contributed by atoms with Gasteiger partial charge >= 0.3 is 0 Å². The second-order valence-electron chi connectivity index (χ2n) is 1.74. The van der Waals surface area contributed by atoms with E-state index in [0.29, 0.717) is 0 Å². The fourth-order valence-electron chi connectivity index (χ4n) is 0.692. The summed E-state index contributed by atoms with van der Waals surface area (Å²) in [5.41, 5.74) is 0. The van der Waals surface area contributed by atoms with Gasteiger partial charge in [-0.1, -0.05) is 0 Å². The highest BCUT2D eigenvalue weighted by Gasteiger charge is 2.08. The number of piperazine rings is 1. The van der Waals surface area contributed by atoms with Crippen molar-refractivity contribution in [3.8, 4) is 0 Å². The molecule has 0 saturated carbocycles. The molecule has 1 rings (SSSR count). The first kappa shape index (κ1) is 6.01. The van der Waals surface area contributed by atoms with Crippen LogP contribution in [0.2, 0.25) is 0 Å². The van der Waals surface area contributed by atoms with Gasteiger partial charge in [0.2, 0.25) is 0 Å². The Morgan fingerprint density at radius 1 is 1.75 bits per heavy atom. The molecule has 0 spiro atoms. The minimum Gasteiger partial charge on any atom is -0.365 e. The van der Waals surface area contributed by atoms with E-state index in [2.05, 4.69) is 10.6 Å². The van der Waals surface area contributed by atoms with Gasteiger partial charge in [-0.15, -0.1) is 0 Å². The maximum absolute atomic E-state index is 5.00. The molecule has 3 heteroatoms. The van der Waals surface area contributed by atoms with Gasteiger partial charge < -0.3 is 10.1 Å². The fraction of sp³-hybridized carbons (Fsp3) is 0.800. The van der Waals surface area contributed by atoms with E-state index in [-0.39, 0.29) is 6.23 Å². The molecule has 0 aromatic heterocycles. The predicted octanol–water partition coefficient (Wildman–Crippen LogP) is -0.687. The van der Waals surface area contributed by atoms with Gasteiger partial charge in [-0.05, 0) is 0 Å². The highest BCUT2D eigenvalue weighted by atomic mass is 16.5. The molecular weight excluding hydrogens is 104 g/mol. The van der Waals surface area contributed by atoms with E-state index in [0.717, 1.165) is 13.1 Å². The van der Waals surface area contributed by atoms with Gasteiger partial charge in [-0.3, -0.25) is 5.32 Å². The van der Waals surface area contributed by atoms with Crippen molar-refractivity contribution in [1.82, 2.24) is 10.6 Å². The first-order chi connectivity index (χ1) is 3.93. The molecule has 3 nitrogen and oxygen atoms in total. The van der Waals surface area contributed by atoms with Crippen molar-refractivity contribution in [3.05, 3.63) is 6.54 Å². The first-order valence-electron chi connectivity index (χ1n) is 2.74. The Labute approximate surface area is 49.4 Å². The minimum atomic E-state index is 0.194. The second-order valence-corrected chi connectivity index (χ2v) is 1.74. The van der Waals surface area contributed by atoms with Gasteiger partial charge in [0.1, 0.15) is 6.23 Å². The van der Waals surface area contributed by atoms with Crippen LogP contribution in [0.5, 0.6) is 0 Å². The zero-order valence-corrected chi connectivity index (χ0v) is 4.98. The van der Waals surface area contributed by atoms with Gasteiger partial charge in [0, 0.05) is 26.7 Å². The van der Waals surface area contributed by atoms with Crippen LogP contribution in [0.4, 0.5) is 0 Å². The molecule has 1 saturated heterocycles. The molecule has 1 atom stereocenters. The molecule has 0 bridgehead atoms. The van der Waals surface area contributed by atoms with Gasteiger partial charge in [-0.2, -0.15) is 0 Å². The predicted molar refractivity (Wildman–Crippen MR) is 31.1 cm³/mol. The number of hydrogen-bond donors (Lipinski definition) is 2. The van der Waals surface area contributed by atoms with Gasteiger partial charge in [0.15, 0.2) is 0 Å². The zero-order valence-electron chi connectivity index (χ0n) is 4.98. The van der Waals surface area contributed by atoms with E-state index in [4.69, 9.17) is 4.74 Å². The number of methoxy groups -OCH3 is 1. The van der Waals surface area contributed by atoms with Crippen LogP contribution in [-0.2, 0) is 4.74 Å². The lowest BCUT2D eigenvalue weighted by molar-refractivity contribution is 0.0679. The Hall–Kier alpha value is -0.120. The molecule has 1 aliphatic rings. The van der Waals surface area contributed by atoms with E-state index in [1.54, 1.807) is 7.11 Å². The third-order valence-corrected chi connectivity index (χ3v) is 1.18. The summed E-state index contributed by atoms with van der Waals surface area (Å²) in [7, 11) is 1.70. The molecule has 8 heavy (non-hydrogen) atoms. The topological polar surface area (TPSA) is 33.3 Å². The van der Waals surface area contributed by atoms with Crippen molar-refractivity contribution < 1.29 is 4.74 Å². The Balaban J connectivity index is 2.13. The van der Waals surface area contributed by atoms with E-state index in [1.807, 2.05) is 6.54 Å². The highest BCUT2D eigenvalue weighted by Crippen LogP contribution is 1.87. The van der Waals surface area contributed by atoms with Gasteiger partial charge in [0.25, 0.3) is 0 Å². The van der Waals surface area contributed by atoms with Crippen LogP contribution >= 0.6 is 0 Å². The summed E-state index contributed by atoms with van der Waals surface area (Å²) in [4.78, 5) is 0. The summed E-state index contributed by atoms with van der Waals surface area (Å²) < 4.78 is 5.00. The maximum Gasteiger partial charge on any atom is 0.120 e. The Morgan fingerprint density at radius 3 is 3.00 bits per heavy atom. The molecule has 47 valence electrons. The number of nitrogens with one attached hydrogen (secondary N) is 2. The zero-order chi connectivity index (χ0) is 5.82. The molecule has 0 aliphatic carbocycles. The van der Waals surface area contributed by atoms with Crippen LogP contribution in [0.25, 0.3) is 0 Å². The van der Waals surface area contributed by atoms with E-state index < -0.39 is 0 Å². The number of hydrogen-bond acceptors (Lipinski definition) is 3. The molecular formula is C5H11N2O. The van der Waals surface area contributed by atoms with Gasteiger partial charge in [-0.25, -0.2) is 0 Å². The normalized spacial score (nSPS) is 30.4. The summed E-state index contributed by atoms with van der Waals surface area (Å²) >= 11 is 0. The Morgan fingerprint density at radius 2 is 2.62 bits per heavy atom.